The molecule has 0 fully saturated rings. The molecule has 0 radical (unpaired) electrons. The lowest BCUT2D eigenvalue weighted by Gasteiger charge is -2.28. The first kappa shape index (κ1) is 27.5. The molecule has 0 aliphatic rings. The van der Waals surface area contributed by atoms with Crippen LogP contribution in [0.2, 0.25) is 0 Å². The molecule has 214 valence electrons. The van der Waals surface area contributed by atoms with E-state index in [0.29, 0.717) is 5.92 Å². The van der Waals surface area contributed by atoms with Gasteiger partial charge in [-0.15, -0.1) is 0 Å². The topological polar surface area (TPSA) is 6.48 Å². The molecular weight excluding hydrogens is 532 g/mol. The van der Waals surface area contributed by atoms with Crippen LogP contribution in [-0.4, -0.2) is 0 Å². The van der Waals surface area contributed by atoms with Crippen molar-refractivity contribution in [2.24, 2.45) is 0 Å². The maximum atomic E-state index is 2.34. The predicted octanol–water partition coefficient (Wildman–Crippen LogP) is 12.4. The summed E-state index contributed by atoms with van der Waals surface area (Å²) in [6.07, 6.45) is 1.13. The number of benzene rings is 7. The lowest BCUT2D eigenvalue weighted by Crippen LogP contribution is -2.12. The Hall–Kier alpha value is -5.34. The number of nitrogens with zero attached hydrogens (tertiary/aromatic N) is 2. The SMILES string of the molecule is CCC(C)c1ccc(N(c2ccccc2)c2ccc(N(c3ccccc3)c3ccc4cc5ccccc5cc4c3)cc2)cc1. The Morgan fingerprint density at radius 3 is 1.30 bits per heavy atom. The molecule has 0 aromatic heterocycles. The van der Waals surface area contributed by atoms with Crippen molar-refractivity contribution in [3.8, 4) is 0 Å². The maximum absolute atomic E-state index is 2.34. The fourth-order valence-corrected chi connectivity index (χ4v) is 6.05. The zero-order valence-corrected chi connectivity index (χ0v) is 25.3. The summed E-state index contributed by atoms with van der Waals surface area (Å²) < 4.78 is 0. The van der Waals surface area contributed by atoms with E-state index in [1.807, 2.05) is 0 Å². The van der Waals surface area contributed by atoms with Crippen LogP contribution < -0.4 is 9.80 Å². The third-order valence-electron chi connectivity index (χ3n) is 8.67. The van der Waals surface area contributed by atoms with Gasteiger partial charge in [0.25, 0.3) is 0 Å². The molecule has 0 amide bonds. The molecule has 0 bridgehead atoms. The lowest BCUT2D eigenvalue weighted by atomic mass is 9.98. The number of rotatable bonds is 8. The van der Waals surface area contributed by atoms with Gasteiger partial charge in [0, 0.05) is 34.1 Å². The van der Waals surface area contributed by atoms with E-state index in [0.717, 1.165) is 40.5 Å². The summed E-state index contributed by atoms with van der Waals surface area (Å²) in [6.45, 7) is 4.54. The predicted molar refractivity (Wildman–Crippen MR) is 190 cm³/mol. The zero-order valence-electron chi connectivity index (χ0n) is 25.3. The number of anilines is 6. The molecule has 0 aliphatic heterocycles. The summed E-state index contributed by atoms with van der Waals surface area (Å²) in [4.78, 5) is 4.67. The molecule has 7 aromatic rings. The third kappa shape index (κ3) is 5.43. The van der Waals surface area contributed by atoms with Crippen molar-refractivity contribution >= 4 is 55.7 Å². The second kappa shape index (κ2) is 12.1. The molecule has 0 spiro atoms. The molecule has 1 unspecified atom stereocenters. The van der Waals surface area contributed by atoms with Gasteiger partial charge in [-0.3, -0.25) is 0 Å². The Bertz CT molecular complexity index is 2000. The minimum Gasteiger partial charge on any atom is -0.311 e. The third-order valence-corrected chi connectivity index (χ3v) is 8.67. The standard InChI is InChI=1S/C42H36N2/c1-3-31(2)32-18-21-39(22-19-32)43(37-14-6-4-7-15-37)40-24-26-41(27-25-40)44(38-16-8-5-9-17-38)42-23-20-35-28-33-12-10-11-13-34(33)29-36(35)30-42/h4-31H,3H2,1-2H3. The molecule has 7 aromatic carbocycles. The van der Waals surface area contributed by atoms with Crippen molar-refractivity contribution in [2.45, 2.75) is 26.2 Å². The Morgan fingerprint density at radius 2 is 0.773 bits per heavy atom. The Morgan fingerprint density at radius 1 is 0.386 bits per heavy atom. The minimum absolute atomic E-state index is 0.548. The molecule has 7 rings (SSSR count). The number of para-hydroxylation sites is 2. The first-order valence-electron chi connectivity index (χ1n) is 15.5. The quantitative estimate of drug-likeness (QED) is 0.168. The van der Waals surface area contributed by atoms with Gasteiger partial charge in [0.2, 0.25) is 0 Å². The number of hydrogen-bond donors (Lipinski definition) is 0. The molecule has 0 saturated heterocycles. The van der Waals surface area contributed by atoms with Gasteiger partial charge < -0.3 is 9.80 Å². The summed E-state index contributed by atoms with van der Waals surface area (Å²) in [6, 6.07) is 59.1. The first-order valence-corrected chi connectivity index (χ1v) is 15.5. The average Bonchev–Trinajstić information content (AvgIpc) is 3.09. The van der Waals surface area contributed by atoms with Crippen LogP contribution in [0.15, 0.2) is 164 Å². The summed E-state index contributed by atoms with van der Waals surface area (Å²) in [5, 5.41) is 5.00. The van der Waals surface area contributed by atoms with Gasteiger partial charge in [0.1, 0.15) is 0 Å². The molecule has 44 heavy (non-hydrogen) atoms. The Balaban J connectivity index is 1.30. The van der Waals surface area contributed by atoms with Crippen LogP contribution in [0.1, 0.15) is 31.7 Å². The van der Waals surface area contributed by atoms with Gasteiger partial charge in [-0.2, -0.15) is 0 Å². The average molecular weight is 569 g/mol. The monoisotopic (exact) mass is 568 g/mol. The van der Waals surface area contributed by atoms with Gasteiger partial charge in [0.05, 0.1) is 0 Å². The van der Waals surface area contributed by atoms with E-state index in [1.165, 1.54) is 27.1 Å². The van der Waals surface area contributed by atoms with Crippen LogP contribution in [0, 0.1) is 0 Å². The van der Waals surface area contributed by atoms with Crippen LogP contribution in [0.5, 0.6) is 0 Å². The van der Waals surface area contributed by atoms with Crippen LogP contribution in [0.4, 0.5) is 34.1 Å². The molecule has 0 N–H and O–H groups in total. The molecular formula is C42H36N2. The van der Waals surface area contributed by atoms with E-state index in [-0.39, 0.29) is 0 Å². The highest BCUT2D eigenvalue weighted by atomic mass is 15.2. The van der Waals surface area contributed by atoms with Crippen molar-refractivity contribution in [3.05, 3.63) is 169 Å². The number of hydrogen-bond acceptors (Lipinski definition) is 2. The molecule has 0 heterocycles. The zero-order chi connectivity index (χ0) is 29.9. The minimum atomic E-state index is 0.548. The second-order valence-corrected chi connectivity index (χ2v) is 11.5. The van der Waals surface area contributed by atoms with Gasteiger partial charge in [0.15, 0.2) is 0 Å². The summed E-state index contributed by atoms with van der Waals surface area (Å²) >= 11 is 0. The van der Waals surface area contributed by atoms with E-state index < -0.39 is 0 Å². The second-order valence-electron chi connectivity index (χ2n) is 11.5. The van der Waals surface area contributed by atoms with E-state index in [9.17, 15) is 0 Å². The summed E-state index contributed by atoms with van der Waals surface area (Å²) in [7, 11) is 0. The van der Waals surface area contributed by atoms with Crippen molar-refractivity contribution in [3.63, 3.8) is 0 Å². The Labute approximate surface area is 260 Å². The van der Waals surface area contributed by atoms with E-state index in [2.05, 4.69) is 187 Å². The highest BCUT2D eigenvalue weighted by Crippen LogP contribution is 2.40. The fourth-order valence-electron chi connectivity index (χ4n) is 6.05. The van der Waals surface area contributed by atoms with E-state index >= 15 is 0 Å². The first-order chi connectivity index (χ1) is 21.7. The maximum Gasteiger partial charge on any atom is 0.0468 e. The molecule has 2 heteroatoms. The van der Waals surface area contributed by atoms with Crippen LogP contribution in [-0.2, 0) is 0 Å². The summed E-state index contributed by atoms with van der Waals surface area (Å²) in [5.41, 5.74) is 8.15. The normalized spacial score (nSPS) is 11.9. The van der Waals surface area contributed by atoms with E-state index in [1.54, 1.807) is 0 Å². The largest absolute Gasteiger partial charge is 0.311 e. The van der Waals surface area contributed by atoms with Gasteiger partial charge in [-0.1, -0.05) is 92.7 Å². The van der Waals surface area contributed by atoms with Crippen LogP contribution in [0.25, 0.3) is 21.5 Å². The van der Waals surface area contributed by atoms with Crippen molar-refractivity contribution in [2.75, 3.05) is 9.80 Å². The van der Waals surface area contributed by atoms with Crippen molar-refractivity contribution in [1.82, 2.24) is 0 Å². The van der Waals surface area contributed by atoms with E-state index in [4.69, 9.17) is 0 Å². The van der Waals surface area contributed by atoms with Gasteiger partial charge >= 0.3 is 0 Å². The molecule has 0 aliphatic carbocycles. The highest BCUT2D eigenvalue weighted by Gasteiger charge is 2.16. The smallest absolute Gasteiger partial charge is 0.0468 e. The molecule has 2 nitrogen and oxygen atoms in total. The van der Waals surface area contributed by atoms with Crippen molar-refractivity contribution < 1.29 is 0 Å². The molecule has 1 atom stereocenters. The van der Waals surface area contributed by atoms with Crippen molar-refractivity contribution in [1.29, 1.82) is 0 Å². The number of fused-ring (bicyclic) bond motifs is 2. The Kier molecular flexibility index (Phi) is 7.56. The summed E-state index contributed by atoms with van der Waals surface area (Å²) in [5.74, 6) is 0.548. The fraction of sp³-hybridized carbons (Fsp3) is 0.0952. The van der Waals surface area contributed by atoms with Crippen LogP contribution in [0.3, 0.4) is 0 Å². The lowest BCUT2D eigenvalue weighted by molar-refractivity contribution is 0.733. The highest BCUT2D eigenvalue weighted by molar-refractivity contribution is 6.00. The molecule has 0 saturated carbocycles. The van der Waals surface area contributed by atoms with Crippen LogP contribution >= 0.6 is 0 Å². The van der Waals surface area contributed by atoms with Gasteiger partial charge in [-0.05, 0) is 124 Å². The van der Waals surface area contributed by atoms with Gasteiger partial charge in [-0.25, -0.2) is 0 Å².